The van der Waals surface area contributed by atoms with E-state index >= 15 is 0 Å². The maximum atomic E-state index is 11.9. The van der Waals surface area contributed by atoms with Gasteiger partial charge in [0.2, 0.25) is 5.95 Å². The molecule has 0 atom stereocenters. The van der Waals surface area contributed by atoms with Gasteiger partial charge in [-0.15, -0.1) is 0 Å². The Morgan fingerprint density at radius 3 is 2.56 bits per heavy atom. The lowest BCUT2D eigenvalue weighted by molar-refractivity contribution is 0.651. The van der Waals surface area contributed by atoms with E-state index in [2.05, 4.69) is 15.3 Å². The van der Waals surface area contributed by atoms with Gasteiger partial charge in [-0.25, -0.2) is 4.79 Å². The van der Waals surface area contributed by atoms with Crippen LogP contribution in [-0.4, -0.2) is 26.1 Å². The van der Waals surface area contributed by atoms with Crippen molar-refractivity contribution in [2.45, 2.75) is 33.4 Å². The first-order chi connectivity index (χ1) is 8.63. The molecule has 2 N–H and O–H groups in total. The van der Waals surface area contributed by atoms with Crippen molar-refractivity contribution in [2.24, 2.45) is 0 Å². The van der Waals surface area contributed by atoms with Crippen LogP contribution < -0.4 is 16.6 Å². The molecule has 0 radical (unpaired) electrons. The molecule has 0 saturated carbocycles. The quantitative estimate of drug-likeness (QED) is 0.821. The van der Waals surface area contributed by atoms with Gasteiger partial charge in [0.15, 0.2) is 11.2 Å². The lowest BCUT2D eigenvalue weighted by Crippen LogP contribution is -2.31. The summed E-state index contributed by atoms with van der Waals surface area (Å²) in [5.74, 6) is 0.591. The number of nitrogens with one attached hydrogen (secondary N) is 2. The predicted molar refractivity (Wildman–Crippen MR) is 70.1 cm³/mol. The first-order valence-electron chi connectivity index (χ1n) is 6.05. The molecule has 2 aromatic rings. The number of hydrogen-bond donors (Lipinski definition) is 2. The van der Waals surface area contributed by atoms with E-state index in [4.69, 9.17) is 0 Å². The Kier molecular flexibility index (Phi) is 3.22. The highest BCUT2D eigenvalue weighted by molar-refractivity contribution is 5.74. The molecule has 2 heterocycles. The fraction of sp³-hybridized carbons (Fsp3) is 0.545. The van der Waals surface area contributed by atoms with Crippen molar-refractivity contribution in [2.75, 3.05) is 12.4 Å². The topological polar surface area (TPSA) is 84.7 Å². The van der Waals surface area contributed by atoms with Crippen LogP contribution in [0.25, 0.3) is 11.2 Å². The highest BCUT2D eigenvalue weighted by Gasteiger charge is 2.16. The fourth-order valence-corrected chi connectivity index (χ4v) is 2.10. The van der Waals surface area contributed by atoms with E-state index in [1.54, 1.807) is 11.6 Å². The van der Waals surface area contributed by atoms with Crippen LogP contribution in [0.15, 0.2) is 9.59 Å². The van der Waals surface area contributed by atoms with Crippen LogP contribution in [0.2, 0.25) is 0 Å². The Morgan fingerprint density at radius 2 is 2.00 bits per heavy atom. The first-order valence-corrected chi connectivity index (χ1v) is 6.05. The van der Waals surface area contributed by atoms with E-state index in [-0.39, 0.29) is 0 Å². The molecule has 2 rings (SSSR count). The number of hydrogen-bond acceptors (Lipinski definition) is 4. The molecule has 0 amide bonds. The van der Waals surface area contributed by atoms with E-state index in [0.717, 1.165) is 6.42 Å². The Balaban J connectivity index is 2.91. The third kappa shape index (κ3) is 1.71. The molecule has 7 heteroatoms. The van der Waals surface area contributed by atoms with E-state index in [0.29, 0.717) is 30.2 Å². The van der Waals surface area contributed by atoms with Gasteiger partial charge in [-0.1, -0.05) is 6.92 Å². The van der Waals surface area contributed by atoms with Crippen molar-refractivity contribution in [3.05, 3.63) is 20.8 Å². The average Bonchev–Trinajstić information content (AvgIpc) is 2.73. The summed E-state index contributed by atoms with van der Waals surface area (Å²) in [6.45, 7) is 5.05. The molecular formula is C11H17N5O2. The largest absolute Gasteiger partial charge is 0.359 e. The Labute approximate surface area is 103 Å². The number of imidazole rings is 1. The molecule has 2 aromatic heterocycles. The van der Waals surface area contributed by atoms with Crippen molar-refractivity contribution in [1.29, 1.82) is 0 Å². The average molecular weight is 251 g/mol. The fourth-order valence-electron chi connectivity index (χ4n) is 2.10. The number of fused-ring (bicyclic) bond motifs is 1. The number of rotatable bonds is 4. The Morgan fingerprint density at radius 1 is 1.28 bits per heavy atom. The summed E-state index contributed by atoms with van der Waals surface area (Å²) in [7, 11) is 1.74. The minimum absolute atomic E-state index is 0.391. The van der Waals surface area contributed by atoms with Crippen LogP contribution in [0.3, 0.4) is 0 Å². The summed E-state index contributed by atoms with van der Waals surface area (Å²) in [5, 5.41) is 2.94. The minimum atomic E-state index is -0.405. The summed E-state index contributed by atoms with van der Waals surface area (Å²) in [5.41, 5.74) is 0.0858. The van der Waals surface area contributed by atoms with Crippen LogP contribution >= 0.6 is 0 Å². The van der Waals surface area contributed by atoms with Gasteiger partial charge in [0.05, 0.1) is 0 Å². The van der Waals surface area contributed by atoms with Crippen molar-refractivity contribution in [1.82, 2.24) is 19.1 Å². The van der Waals surface area contributed by atoms with Crippen LogP contribution in [0.5, 0.6) is 0 Å². The summed E-state index contributed by atoms with van der Waals surface area (Å²) in [6.07, 6.45) is 0.801. The van der Waals surface area contributed by atoms with Gasteiger partial charge < -0.3 is 9.88 Å². The summed E-state index contributed by atoms with van der Waals surface area (Å²) >= 11 is 0. The van der Waals surface area contributed by atoms with Gasteiger partial charge in [-0.05, 0) is 13.3 Å². The number of aromatic amines is 1. The zero-order chi connectivity index (χ0) is 13.3. The zero-order valence-corrected chi connectivity index (χ0v) is 10.8. The Bertz CT molecular complexity index is 679. The zero-order valence-electron chi connectivity index (χ0n) is 10.8. The van der Waals surface area contributed by atoms with E-state index in [1.807, 2.05) is 13.8 Å². The van der Waals surface area contributed by atoms with Gasteiger partial charge in [-0.3, -0.25) is 14.3 Å². The van der Waals surface area contributed by atoms with Gasteiger partial charge in [0, 0.05) is 20.1 Å². The second-order valence-corrected chi connectivity index (χ2v) is 4.01. The molecular weight excluding hydrogens is 234 g/mol. The second-order valence-electron chi connectivity index (χ2n) is 4.01. The van der Waals surface area contributed by atoms with E-state index < -0.39 is 11.2 Å². The van der Waals surface area contributed by atoms with Gasteiger partial charge in [0.1, 0.15) is 0 Å². The normalized spacial score (nSPS) is 11.1. The highest BCUT2D eigenvalue weighted by Crippen LogP contribution is 2.14. The summed E-state index contributed by atoms with van der Waals surface area (Å²) < 4.78 is 3.27. The molecule has 0 unspecified atom stereocenters. The van der Waals surface area contributed by atoms with E-state index in [1.165, 1.54) is 4.57 Å². The maximum absolute atomic E-state index is 11.9. The number of aromatic nitrogens is 4. The smallest absolute Gasteiger partial charge is 0.330 e. The van der Waals surface area contributed by atoms with Gasteiger partial charge >= 0.3 is 5.69 Å². The van der Waals surface area contributed by atoms with Gasteiger partial charge in [0.25, 0.3) is 5.56 Å². The Hall–Kier alpha value is -2.05. The SMILES string of the molecule is CCCn1c(=O)[nH]c(=O)c2c1nc(NC)n2CC. The summed E-state index contributed by atoms with van der Waals surface area (Å²) in [6, 6.07) is 0. The molecule has 0 aliphatic heterocycles. The lowest BCUT2D eigenvalue weighted by atomic mass is 10.4. The third-order valence-electron chi connectivity index (χ3n) is 2.87. The third-order valence-corrected chi connectivity index (χ3v) is 2.87. The van der Waals surface area contributed by atoms with Crippen LogP contribution in [0.1, 0.15) is 20.3 Å². The molecule has 98 valence electrons. The standard InChI is InChI=1S/C11H17N5O2/c1-4-6-16-8-7(9(17)14-11(16)18)15(5-2)10(12-3)13-8/h4-6H2,1-3H3,(H,12,13)(H,14,17,18). The first kappa shape index (κ1) is 12.4. The molecule has 18 heavy (non-hydrogen) atoms. The lowest BCUT2D eigenvalue weighted by Gasteiger charge is -2.05. The second kappa shape index (κ2) is 4.67. The van der Waals surface area contributed by atoms with Crippen LogP contribution in [0, 0.1) is 0 Å². The van der Waals surface area contributed by atoms with E-state index in [9.17, 15) is 9.59 Å². The van der Waals surface area contributed by atoms with Crippen molar-refractivity contribution in [3.63, 3.8) is 0 Å². The molecule has 0 aliphatic rings. The van der Waals surface area contributed by atoms with Crippen molar-refractivity contribution in [3.8, 4) is 0 Å². The molecule has 0 saturated heterocycles. The molecule has 0 bridgehead atoms. The molecule has 0 spiro atoms. The number of nitrogens with zero attached hydrogens (tertiary/aromatic N) is 3. The molecule has 0 aliphatic carbocycles. The van der Waals surface area contributed by atoms with Crippen molar-refractivity contribution < 1.29 is 0 Å². The van der Waals surface area contributed by atoms with Gasteiger partial charge in [-0.2, -0.15) is 4.98 Å². The number of aryl methyl sites for hydroxylation is 2. The minimum Gasteiger partial charge on any atom is -0.359 e. The van der Waals surface area contributed by atoms with Crippen LogP contribution in [0.4, 0.5) is 5.95 Å². The molecule has 7 nitrogen and oxygen atoms in total. The molecule has 0 fully saturated rings. The monoisotopic (exact) mass is 251 g/mol. The van der Waals surface area contributed by atoms with Crippen molar-refractivity contribution >= 4 is 17.1 Å². The van der Waals surface area contributed by atoms with Crippen LogP contribution in [-0.2, 0) is 13.1 Å². The summed E-state index contributed by atoms with van der Waals surface area (Å²) in [4.78, 5) is 30.4. The number of H-pyrrole nitrogens is 1. The number of anilines is 1. The maximum Gasteiger partial charge on any atom is 0.330 e. The molecule has 0 aromatic carbocycles. The highest BCUT2D eigenvalue weighted by atomic mass is 16.2. The predicted octanol–water partition coefficient (Wildman–Crippen LogP) is 0.358.